The Morgan fingerprint density at radius 1 is 1.12 bits per heavy atom. The highest BCUT2D eigenvalue weighted by Crippen LogP contribution is 2.38. The van der Waals surface area contributed by atoms with Crippen LogP contribution in [-0.2, 0) is 25.7 Å². The van der Waals surface area contributed by atoms with Crippen molar-refractivity contribution >= 4 is 18.4 Å². The molecule has 1 aromatic carbocycles. The standard InChI is InChI=1S/C14H16N2O/c1-15-14(17)16-13-11-6-2-4-9(11)8-10-5-3-7-12(10)13/h8H,1-7H2,(H,16,17). The lowest BCUT2D eigenvalue weighted by Gasteiger charge is -2.14. The molecule has 0 saturated carbocycles. The van der Waals surface area contributed by atoms with E-state index in [0.717, 1.165) is 31.4 Å². The zero-order valence-electron chi connectivity index (χ0n) is 9.88. The number of fused-ring (bicyclic) bond motifs is 2. The summed E-state index contributed by atoms with van der Waals surface area (Å²) in [4.78, 5) is 14.9. The number of nitrogens with zero attached hydrogens (tertiary/aromatic N) is 1. The third-order valence-electron chi connectivity index (χ3n) is 3.85. The molecule has 0 heterocycles. The molecule has 2 amide bonds. The normalized spacial score (nSPS) is 16.5. The SMILES string of the molecule is C=NC(=O)Nc1c2c(cc3c1CCC3)CCC2. The number of urea groups is 1. The quantitative estimate of drug-likeness (QED) is 0.738. The average Bonchev–Trinajstić information content (AvgIpc) is 2.96. The van der Waals surface area contributed by atoms with Gasteiger partial charge in [0.1, 0.15) is 0 Å². The van der Waals surface area contributed by atoms with Gasteiger partial charge in [-0.3, -0.25) is 0 Å². The molecule has 0 spiro atoms. The molecule has 3 heteroatoms. The number of carbonyl (C=O) groups is 1. The number of carbonyl (C=O) groups excluding carboxylic acids is 1. The van der Waals surface area contributed by atoms with Crippen LogP contribution in [0.1, 0.15) is 35.1 Å². The van der Waals surface area contributed by atoms with E-state index < -0.39 is 0 Å². The monoisotopic (exact) mass is 228 g/mol. The molecule has 2 aliphatic carbocycles. The van der Waals surface area contributed by atoms with E-state index in [1.165, 1.54) is 35.1 Å². The first-order valence-electron chi connectivity index (χ1n) is 6.24. The molecule has 1 N–H and O–H groups in total. The summed E-state index contributed by atoms with van der Waals surface area (Å²) in [6, 6.07) is 2.01. The van der Waals surface area contributed by atoms with E-state index in [-0.39, 0.29) is 6.03 Å². The molecule has 0 bridgehead atoms. The van der Waals surface area contributed by atoms with Crippen LogP contribution in [0, 0.1) is 0 Å². The van der Waals surface area contributed by atoms with Gasteiger partial charge in [-0.1, -0.05) is 6.07 Å². The number of benzene rings is 1. The van der Waals surface area contributed by atoms with Crippen molar-refractivity contribution in [1.82, 2.24) is 0 Å². The second-order valence-corrected chi connectivity index (χ2v) is 4.82. The summed E-state index contributed by atoms with van der Waals surface area (Å²) in [6.07, 6.45) is 6.84. The molecular formula is C14H16N2O. The van der Waals surface area contributed by atoms with Gasteiger partial charge in [-0.2, -0.15) is 0 Å². The van der Waals surface area contributed by atoms with Crippen LogP contribution >= 0.6 is 0 Å². The van der Waals surface area contributed by atoms with Gasteiger partial charge in [0.05, 0.1) is 0 Å². The van der Waals surface area contributed by atoms with E-state index in [9.17, 15) is 4.79 Å². The topological polar surface area (TPSA) is 41.5 Å². The molecule has 0 fully saturated rings. The maximum Gasteiger partial charge on any atom is 0.344 e. The molecule has 0 radical (unpaired) electrons. The van der Waals surface area contributed by atoms with Gasteiger partial charge in [-0.05, 0) is 67.5 Å². The Bertz CT molecular complexity index is 473. The molecule has 88 valence electrons. The van der Waals surface area contributed by atoms with E-state index in [2.05, 4.69) is 23.1 Å². The van der Waals surface area contributed by atoms with Gasteiger partial charge in [-0.15, -0.1) is 0 Å². The molecule has 0 unspecified atom stereocenters. The molecule has 17 heavy (non-hydrogen) atoms. The highest BCUT2D eigenvalue weighted by Gasteiger charge is 2.24. The summed E-state index contributed by atoms with van der Waals surface area (Å²) in [5.74, 6) is 0. The minimum Gasteiger partial charge on any atom is -0.306 e. The molecule has 0 aromatic heterocycles. The van der Waals surface area contributed by atoms with Crippen molar-refractivity contribution in [2.24, 2.45) is 4.99 Å². The van der Waals surface area contributed by atoms with Crippen molar-refractivity contribution in [3.63, 3.8) is 0 Å². The molecule has 0 atom stereocenters. The van der Waals surface area contributed by atoms with Crippen LogP contribution in [0.2, 0.25) is 0 Å². The van der Waals surface area contributed by atoms with Gasteiger partial charge in [0, 0.05) is 5.69 Å². The van der Waals surface area contributed by atoms with E-state index in [1.807, 2.05) is 0 Å². The number of aryl methyl sites for hydroxylation is 2. The van der Waals surface area contributed by atoms with Crippen LogP contribution in [0.5, 0.6) is 0 Å². The summed E-state index contributed by atoms with van der Waals surface area (Å²) >= 11 is 0. The maximum absolute atomic E-state index is 11.4. The number of rotatable bonds is 1. The smallest absolute Gasteiger partial charge is 0.306 e. The van der Waals surface area contributed by atoms with Crippen LogP contribution in [0.15, 0.2) is 11.1 Å². The zero-order chi connectivity index (χ0) is 11.8. The molecular weight excluding hydrogens is 212 g/mol. The van der Waals surface area contributed by atoms with Gasteiger partial charge in [-0.25, -0.2) is 9.79 Å². The van der Waals surface area contributed by atoms with Crippen LogP contribution in [0.4, 0.5) is 10.5 Å². The van der Waals surface area contributed by atoms with Gasteiger partial charge in [0.25, 0.3) is 0 Å². The fraction of sp³-hybridized carbons (Fsp3) is 0.429. The Hall–Kier alpha value is -1.64. The highest BCUT2D eigenvalue weighted by atomic mass is 16.2. The second-order valence-electron chi connectivity index (χ2n) is 4.82. The first kappa shape index (κ1) is 10.5. The van der Waals surface area contributed by atoms with Crippen molar-refractivity contribution in [2.75, 3.05) is 5.32 Å². The van der Waals surface area contributed by atoms with Gasteiger partial charge in [0.15, 0.2) is 0 Å². The molecule has 3 rings (SSSR count). The third kappa shape index (κ3) is 1.66. The van der Waals surface area contributed by atoms with Crippen molar-refractivity contribution < 1.29 is 4.79 Å². The first-order chi connectivity index (χ1) is 8.29. The molecule has 2 aliphatic rings. The van der Waals surface area contributed by atoms with Crippen molar-refractivity contribution in [3.8, 4) is 0 Å². The van der Waals surface area contributed by atoms with E-state index in [1.54, 1.807) is 0 Å². The summed E-state index contributed by atoms with van der Waals surface area (Å²) in [6.45, 7) is 3.28. The van der Waals surface area contributed by atoms with Crippen LogP contribution < -0.4 is 5.32 Å². The van der Waals surface area contributed by atoms with Crippen molar-refractivity contribution in [3.05, 3.63) is 28.3 Å². The summed E-state index contributed by atoms with van der Waals surface area (Å²) < 4.78 is 0. The zero-order valence-corrected chi connectivity index (χ0v) is 9.88. The number of anilines is 1. The minimum atomic E-state index is -0.334. The predicted molar refractivity (Wildman–Crippen MR) is 69.1 cm³/mol. The van der Waals surface area contributed by atoms with E-state index in [4.69, 9.17) is 0 Å². The number of nitrogens with one attached hydrogen (secondary N) is 1. The molecule has 3 nitrogen and oxygen atoms in total. The lowest BCUT2D eigenvalue weighted by molar-refractivity contribution is 0.259. The largest absolute Gasteiger partial charge is 0.344 e. The van der Waals surface area contributed by atoms with Gasteiger partial charge >= 0.3 is 6.03 Å². The molecule has 0 saturated heterocycles. The predicted octanol–water partition coefficient (Wildman–Crippen LogP) is 2.90. The van der Waals surface area contributed by atoms with Gasteiger partial charge < -0.3 is 5.32 Å². The average molecular weight is 228 g/mol. The Labute approximate surface area is 101 Å². The summed E-state index contributed by atoms with van der Waals surface area (Å²) in [5.41, 5.74) is 6.56. The van der Waals surface area contributed by atoms with Crippen molar-refractivity contribution in [1.29, 1.82) is 0 Å². The Balaban J connectivity index is 2.11. The first-order valence-corrected chi connectivity index (χ1v) is 6.24. The fourth-order valence-electron chi connectivity index (χ4n) is 3.11. The van der Waals surface area contributed by atoms with Crippen molar-refractivity contribution in [2.45, 2.75) is 38.5 Å². The fourth-order valence-corrected chi connectivity index (χ4v) is 3.11. The third-order valence-corrected chi connectivity index (χ3v) is 3.85. The molecule has 0 aliphatic heterocycles. The number of amides is 2. The molecule has 1 aromatic rings. The maximum atomic E-state index is 11.4. The second kappa shape index (κ2) is 3.99. The van der Waals surface area contributed by atoms with E-state index >= 15 is 0 Å². The summed E-state index contributed by atoms with van der Waals surface area (Å²) in [5, 5.41) is 2.92. The number of hydrogen-bond acceptors (Lipinski definition) is 1. The number of aliphatic imine (C=N–C) groups is 1. The van der Waals surface area contributed by atoms with Crippen LogP contribution in [0.3, 0.4) is 0 Å². The Morgan fingerprint density at radius 2 is 1.71 bits per heavy atom. The number of hydrogen-bond donors (Lipinski definition) is 1. The lowest BCUT2D eigenvalue weighted by atomic mass is 9.99. The minimum absolute atomic E-state index is 0.334. The van der Waals surface area contributed by atoms with Crippen LogP contribution in [-0.4, -0.2) is 12.7 Å². The lowest BCUT2D eigenvalue weighted by Crippen LogP contribution is -2.10. The Morgan fingerprint density at radius 3 is 2.24 bits per heavy atom. The van der Waals surface area contributed by atoms with Crippen LogP contribution in [0.25, 0.3) is 0 Å². The summed E-state index contributed by atoms with van der Waals surface area (Å²) in [7, 11) is 0. The van der Waals surface area contributed by atoms with E-state index in [0.29, 0.717) is 0 Å². The Kier molecular flexibility index (Phi) is 2.46. The highest BCUT2D eigenvalue weighted by molar-refractivity contribution is 5.94. The van der Waals surface area contributed by atoms with Gasteiger partial charge in [0.2, 0.25) is 0 Å².